The SMILES string of the molecule is CC[C@H](C)c1ccccc1N1C[C@@H](C(=O)OCC(=O)Nc2cccc(C#N)c2)CC1=O. The number of amides is 2. The standard InChI is InChI=1S/C24H25N3O4/c1-3-16(2)20-9-4-5-10-21(20)27-14-18(12-23(27)29)24(30)31-15-22(28)26-19-8-6-7-17(11-19)13-25/h4-11,16,18H,3,12,14-15H2,1-2H3,(H,26,28)/t16-,18-/m0/s1. The van der Waals surface area contributed by atoms with E-state index in [9.17, 15) is 14.4 Å². The molecular formula is C24H25N3O4. The van der Waals surface area contributed by atoms with Gasteiger partial charge in [0, 0.05) is 24.3 Å². The first-order valence-corrected chi connectivity index (χ1v) is 10.3. The van der Waals surface area contributed by atoms with E-state index >= 15 is 0 Å². The van der Waals surface area contributed by atoms with Crippen LogP contribution in [0.1, 0.15) is 43.7 Å². The molecule has 0 bridgehead atoms. The van der Waals surface area contributed by atoms with Gasteiger partial charge in [-0.15, -0.1) is 0 Å². The molecule has 0 aliphatic carbocycles. The molecule has 2 aromatic carbocycles. The highest BCUT2D eigenvalue weighted by molar-refractivity contribution is 6.00. The monoisotopic (exact) mass is 419 g/mol. The Morgan fingerprint density at radius 2 is 2.03 bits per heavy atom. The number of benzene rings is 2. The minimum Gasteiger partial charge on any atom is -0.455 e. The van der Waals surface area contributed by atoms with Crippen molar-refractivity contribution in [3.63, 3.8) is 0 Å². The smallest absolute Gasteiger partial charge is 0.311 e. The van der Waals surface area contributed by atoms with E-state index < -0.39 is 24.4 Å². The van der Waals surface area contributed by atoms with Crippen LogP contribution in [0.3, 0.4) is 0 Å². The zero-order chi connectivity index (χ0) is 22.4. The number of rotatable bonds is 7. The van der Waals surface area contributed by atoms with Crippen molar-refractivity contribution in [2.75, 3.05) is 23.4 Å². The van der Waals surface area contributed by atoms with Gasteiger partial charge in [0.25, 0.3) is 5.91 Å². The number of esters is 1. The van der Waals surface area contributed by atoms with Crippen molar-refractivity contribution in [3.8, 4) is 6.07 Å². The number of nitrogens with one attached hydrogen (secondary N) is 1. The summed E-state index contributed by atoms with van der Waals surface area (Å²) < 4.78 is 5.15. The Balaban J connectivity index is 1.58. The summed E-state index contributed by atoms with van der Waals surface area (Å²) in [4.78, 5) is 38.8. The number of hydrogen-bond donors (Lipinski definition) is 1. The minimum atomic E-state index is -0.618. The van der Waals surface area contributed by atoms with Gasteiger partial charge in [0.05, 0.1) is 17.6 Å². The van der Waals surface area contributed by atoms with Crippen molar-refractivity contribution < 1.29 is 19.1 Å². The molecule has 7 heteroatoms. The maximum Gasteiger partial charge on any atom is 0.311 e. The first kappa shape index (κ1) is 22.0. The van der Waals surface area contributed by atoms with Crippen LogP contribution in [-0.4, -0.2) is 30.9 Å². The molecular weight excluding hydrogens is 394 g/mol. The molecule has 3 rings (SSSR count). The number of ether oxygens (including phenoxy) is 1. The maximum absolute atomic E-state index is 12.6. The molecule has 7 nitrogen and oxygen atoms in total. The molecule has 0 unspecified atom stereocenters. The normalized spacial score (nSPS) is 16.5. The second-order valence-electron chi connectivity index (χ2n) is 7.62. The summed E-state index contributed by atoms with van der Waals surface area (Å²) in [6.07, 6.45) is 0.996. The predicted octanol–water partition coefficient (Wildman–Crippen LogP) is 3.61. The zero-order valence-electron chi connectivity index (χ0n) is 17.6. The number of anilines is 2. The predicted molar refractivity (Wildman–Crippen MR) is 116 cm³/mol. The van der Waals surface area contributed by atoms with Crippen LogP contribution in [0.15, 0.2) is 48.5 Å². The van der Waals surface area contributed by atoms with Gasteiger partial charge in [-0.05, 0) is 42.2 Å². The molecule has 160 valence electrons. The summed E-state index contributed by atoms with van der Waals surface area (Å²) in [5, 5.41) is 11.5. The van der Waals surface area contributed by atoms with E-state index in [4.69, 9.17) is 10.00 Å². The molecule has 1 aliphatic rings. The summed E-state index contributed by atoms with van der Waals surface area (Å²) in [6.45, 7) is 3.98. The lowest BCUT2D eigenvalue weighted by Gasteiger charge is -2.23. The van der Waals surface area contributed by atoms with E-state index in [1.807, 2.05) is 30.3 Å². The summed E-state index contributed by atoms with van der Waals surface area (Å²) >= 11 is 0. The highest BCUT2D eigenvalue weighted by atomic mass is 16.5. The van der Waals surface area contributed by atoms with Gasteiger partial charge < -0.3 is 15.0 Å². The number of nitrogens with zero attached hydrogens (tertiary/aromatic N) is 2. The number of nitriles is 1. The highest BCUT2D eigenvalue weighted by Gasteiger charge is 2.37. The van der Waals surface area contributed by atoms with E-state index in [-0.39, 0.29) is 18.9 Å². The third-order valence-electron chi connectivity index (χ3n) is 5.45. The van der Waals surface area contributed by atoms with E-state index in [0.717, 1.165) is 17.7 Å². The Kier molecular flexibility index (Phi) is 7.03. The third kappa shape index (κ3) is 5.28. The second kappa shape index (κ2) is 9.90. The van der Waals surface area contributed by atoms with E-state index in [1.165, 1.54) is 6.07 Å². The molecule has 0 radical (unpaired) electrons. The van der Waals surface area contributed by atoms with Crippen LogP contribution in [0.25, 0.3) is 0 Å². The number of para-hydroxylation sites is 1. The zero-order valence-corrected chi connectivity index (χ0v) is 17.6. The van der Waals surface area contributed by atoms with Gasteiger partial charge in [-0.25, -0.2) is 0 Å². The van der Waals surface area contributed by atoms with Crippen molar-refractivity contribution in [3.05, 3.63) is 59.7 Å². The molecule has 0 aromatic heterocycles. The first-order chi connectivity index (χ1) is 14.9. The number of carbonyl (C=O) groups is 3. The van der Waals surface area contributed by atoms with Crippen LogP contribution >= 0.6 is 0 Å². The van der Waals surface area contributed by atoms with E-state index in [2.05, 4.69) is 19.2 Å². The van der Waals surface area contributed by atoms with Crippen molar-refractivity contribution in [1.82, 2.24) is 0 Å². The molecule has 2 amide bonds. The molecule has 1 saturated heterocycles. The molecule has 2 aromatic rings. The molecule has 0 saturated carbocycles. The molecule has 1 heterocycles. The molecule has 0 spiro atoms. The van der Waals surface area contributed by atoms with Crippen molar-refractivity contribution >= 4 is 29.2 Å². The van der Waals surface area contributed by atoms with E-state index in [0.29, 0.717) is 17.2 Å². The second-order valence-corrected chi connectivity index (χ2v) is 7.62. The van der Waals surface area contributed by atoms with Gasteiger partial charge in [0.2, 0.25) is 5.91 Å². The first-order valence-electron chi connectivity index (χ1n) is 10.3. The van der Waals surface area contributed by atoms with Crippen LogP contribution in [0.2, 0.25) is 0 Å². The third-order valence-corrected chi connectivity index (χ3v) is 5.45. The Hall–Kier alpha value is -3.66. The van der Waals surface area contributed by atoms with Gasteiger partial charge in [-0.1, -0.05) is 38.1 Å². The van der Waals surface area contributed by atoms with Crippen LogP contribution < -0.4 is 10.2 Å². The topological polar surface area (TPSA) is 99.5 Å². The fourth-order valence-corrected chi connectivity index (χ4v) is 3.59. The summed E-state index contributed by atoms with van der Waals surface area (Å²) in [6, 6.07) is 16.2. The van der Waals surface area contributed by atoms with Crippen LogP contribution in [0, 0.1) is 17.2 Å². The molecule has 31 heavy (non-hydrogen) atoms. The van der Waals surface area contributed by atoms with Crippen molar-refractivity contribution in [1.29, 1.82) is 5.26 Å². The Morgan fingerprint density at radius 1 is 1.26 bits per heavy atom. The lowest BCUT2D eigenvalue weighted by molar-refractivity contribution is -0.151. The molecule has 1 N–H and O–H groups in total. The van der Waals surface area contributed by atoms with Crippen LogP contribution in [-0.2, 0) is 19.1 Å². The van der Waals surface area contributed by atoms with Crippen molar-refractivity contribution in [2.24, 2.45) is 5.92 Å². The quantitative estimate of drug-likeness (QED) is 0.691. The van der Waals surface area contributed by atoms with Gasteiger partial charge in [-0.2, -0.15) is 5.26 Å². The fraction of sp³-hybridized carbons (Fsp3) is 0.333. The summed E-state index contributed by atoms with van der Waals surface area (Å²) in [7, 11) is 0. The lowest BCUT2D eigenvalue weighted by Crippen LogP contribution is -2.29. The van der Waals surface area contributed by atoms with Gasteiger partial charge in [0.15, 0.2) is 6.61 Å². The fourth-order valence-electron chi connectivity index (χ4n) is 3.59. The highest BCUT2D eigenvalue weighted by Crippen LogP contribution is 2.33. The van der Waals surface area contributed by atoms with Gasteiger partial charge in [-0.3, -0.25) is 14.4 Å². The lowest BCUT2D eigenvalue weighted by atomic mass is 9.96. The molecule has 1 fully saturated rings. The largest absolute Gasteiger partial charge is 0.455 e. The average molecular weight is 419 g/mol. The number of hydrogen-bond acceptors (Lipinski definition) is 5. The van der Waals surface area contributed by atoms with Crippen LogP contribution in [0.4, 0.5) is 11.4 Å². The minimum absolute atomic E-state index is 0.0551. The Labute approximate surface area is 181 Å². The van der Waals surface area contributed by atoms with Crippen LogP contribution in [0.5, 0.6) is 0 Å². The maximum atomic E-state index is 12.6. The molecule has 1 aliphatic heterocycles. The van der Waals surface area contributed by atoms with Crippen molar-refractivity contribution in [2.45, 2.75) is 32.6 Å². The Bertz CT molecular complexity index is 1030. The van der Waals surface area contributed by atoms with Gasteiger partial charge >= 0.3 is 5.97 Å². The Morgan fingerprint density at radius 3 is 2.77 bits per heavy atom. The summed E-state index contributed by atoms with van der Waals surface area (Å²) in [5.41, 5.74) is 2.76. The van der Waals surface area contributed by atoms with E-state index in [1.54, 1.807) is 23.1 Å². The van der Waals surface area contributed by atoms with Gasteiger partial charge in [0.1, 0.15) is 0 Å². The average Bonchev–Trinajstić information content (AvgIpc) is 3.18. The molecule has 2 atom stereocenters. The summed E-state index contributed by atoms with van der Waals surface area (Å²) in [5.74, 6) is -1.54. The number of carbonyl (C=O) groups excluding carboxylic acids is 3.